The number of halogens is 1. The fourth-order valence-electron chi connectivity index (χ4n) is 5.28. The molecule has 0 amide bonds. The maximum absolute atomic E-state index is 13.8. The minimum absolute atomic E-state index is 0.327. The van der Waals surface area contributed by atoms with E-state index in [9.17, 15) is 4.39 Å². The van der Waals surface area contributed by atoms with E-state index in [0.717, 1.165) is 58.7 Å². The van der Waals surface area contributed by atoms with Crippen LogP contribution in [0.25, 0.3) is 35.3 Å². The fourth-order valence-corrected chi connectivity index (χ4v) is 5.28. The highest BCUT2D eigenvalue weighted by Gasteiger charge is 2.20. The zero-order valence-electron chi connectivity index (χ0n) is 22.6. The van der Waals surface area contributed by atoms with Crippen molar-refractivity contribution in [1.29, 1.82) is 0 Å². The fraction of sp³-hybridized carbons (Fsp3) is 0.312. The predicted octanol–water partition coefficient (Wildman–Crippen LogP) is 5.31. The Kier molecular flexibility index (Phi) is 8.07. The van der Waals surface area contributed by atoms with Crippen molar-refractivity contribution in [3.05, 3.63) is 87.6 Å². The molecule has 4 heterocycles. The number of nitrogens with one attached hydrogen (secondary N) is 1. The molecule has 3 N–H and O–H groups in total. The van der Waals surface area contributed by atoms with Crippen molar-refractivity contribution in [1.82, 2.24) is 20.2 Å². The number of aromatic amines is 1. The first kappa shape index (κ1) is 26.6. The number of rotatable bonds is 6. The van der Waals surface area contributed by atoms with Crippen LogP contribution in [-0.4, -0.2) is 32.4 Å². The van der Waals surface area contributed by atoms with Gasteiger partial charge in [0, 0.05) is 30.2 Å². The van der Waals surface area contributed by atoms with Gasteiger partial charge in [0.1, 0.15) is 11.5 Å². The van der Waals surface area contributed by atoms with Gasteiger partial charge < -0.3 is 5.73 Å². The maximum Gasteiger partial charge on any atom is 0.144 e. The molecule has 3 aromatic heterocycles. The highest BCUT2D eigenvalue weighted by atomic mass is 19.1. The third kappa shape index (κ3) is 6.20. The molecule has 5 rings (SSSR count). The molecular weight excluding hydrogens is 487 g/mol. The van der Waals surface area contributed by atoms with Gasteiger partial charge in [-0.15, -0.1) is 0 Å². The summed E-state index contributed by atoms with van der Waals surface area (Å²) < 4.78 is 13.8. The molecule has 2 aliphatic rings. The average Bonchev–Trinajstić information content (AvgIpc) is 3.31. The molecule has 7 heteroatoms. The Bertz CT molecular complexity index is 1580. The van der Waals surface area contributed by atoms with E-state index in [1.165, 1.54) is 24.5 Å². The topological polar surface area (TPSA) is 92.8 Å². The van der Waals surface area contributed by atoms with Gasteiger partial charge in [-0.3, -0.25) is 10.1 Å². The van der Waals surface area contributed by atoms with Crippen LogP contribution < -0.4 is 16.3 Å². The summed E-state index contributed by atoms with van der Waals surface area (Å²) in [5, 5.41) is 8.87. The van der Waals surface area contributed by atoms with Crippen LogP contribution in [-0.2, 0) is 0 Å². The van der Waals surface area contributed by atoms with E-state index in [0.29, 0.717) is 29.0 Å². The Hall–Kier alpha value is -3.97. The summed E-state index contributed by atoms with van der Waals surface area (Å²) in [6, 6.07) is 7.28. The van der Waals surface area contributed by atoms with Crippen LogP contribution in [0.5, 0.6) is 0 Å². The van der Waals surface area contributed by atoms with Crippen LogP contribution in [0.1, 0.15) is 51.1 Å². The van der Waals surface area contributed by atoms with Crippen molar-refractivity contribution < 1.29 is 4.39 Å². The van der Waals surface area contributed by atoms with E-state index in [1.807, 2.05) is 31.5 Å². The van der Waals surface area contributed by atoms with Crippen molar-refractivity contribution in [2.24, 2.45) is 16.6 Å². The Morgan fingerprint density at radius 3 is 2.69 bits per heavy atom. The molecule has 0 atom stereocenters. The molecule has 0 unspecified atom stereocenters. The number of nitrogens with zero attached hydrogens (tertiary/aromatic N) is 4. The Balaban J connectivity index is 1.39. The second-order valence-corrected chi connectivity index (χ2v) is 10.5. The van der Waals surface area contributed by atoms with Crippen LogP contribution in [0.15, 0.2) is 70.5 Å². The lowest BCUT2D eigenvalue weighted by molar-refractivity contribution is 0.323. The molecule has 0 spiro atoms. The summed E-state index contributed by atoms with van der Waals surface area (Å²) in [5.74, 6) is 0.361. The third-order valence-corrected chi connectivity index (χ3v) is 7.63. The maximum atomic E-state index is 13.8. The van der Waals surface area contributed by atoms with E-state index in [2.05, 4.69) is 45.0 Å². The molecule has 39 heavy (non-hydrogen) atoms. The predicted molar refractivity (Wildman–Crippen MR) is 157 cm³/mol. The molecule has 1 saturated carbocycles. The monoisotopic (exact) mass is 522 g/mol. The quantitative estimate of drug-likeness (QED) is 0.459. The van der Waals surface area contributed by atoms with Crippen molar-refractivity contribution in [3.63, 3.8) is 0 Å². The second kappa shape index (κ2) is 11.8. The lowest BCUT2D eigenvalue weighted by atomic mass is 9.82. The van der Waals surface area contributed by atoms with Crippen LogP contribution >= 0.6 is 0 Å². The number of aryl methyl sites for hydroxylation is 1. The van der Waals surface area contributed by atoms with Gasteiger partial charge in [-0.1, -0.05) is 24.8 Å². The number of H-pyrrole nitrogens is 1. The second-order valence-electron chi connectivity index (χ2n) is 10.5. The SMILES string of the molecule is C=c1ccc(-c2c[nH]nc2-c2ccc(F)c(C)n2)n/c1=C/C(=C\C)C1=CCC(C[C@H]2CC[C@H](N)CC2)=CN=C1. The first-order valence-electron chi connectivity index (χ1n) is 13.6. The number of hydrogen-bond acceptors (Lipinski definition) is 5. The number of hydrogen-bond donors (Lipinski definition) is 2. The van der Waals surface area contributed by atoms with Crippen molar-refractivity contribution in [2.45, 2.75) is 58.4 Å². The van der Waals surface area contributed by atoms with E-state index >= 15 is 0 Å². The molecule has 0 saturated heterocycles. The summed E-state index contributed by atoms with van der Waals surface area (Å²) in [6.45, 7) is 7.87. The summed E-state index contributed by atoms with van der Waals surface area (Å²) in [5.41, 5.74) is 12.6. The van der Waals surface area contributed by atoms with Crippen LogP contribution in [0, 0.1) is 18.7 Å². The molecule has 1 aliphatic carbocycles. The third-order valence-electron chi connectivity index (χ3n) is 7.63. The molecule has 200 valence electrons. The zero-order chi connectivity index (χ0) is 27.4. The molecular formula is C32H35FN6. The highest BCUT2D eigenvalue weighted by molar-refractivity contribution is 5.90. The van der Waals surface area contributed by atoms with Gasteiger partial charge >= 0.3 is 0 Å². The number of pyridine rings is 2. The Morgan fingerprint density at radius 1 is 1.13 bits per heavy atom. The van der Waals surface area contributed by atoms with Gasteiger partial charge in [-0.2, -0.15) is 5.10 Å². The largest absolute Gasteiger partial charge is 0.328 e. The van der Waals surface area contributed by atoms with Crippen LogP contribution in [0.4, 0.5) is 4.39 Å². The van der Waals surface area contributed by atoms with Crippen LogP contribution in [0.3, 0.4) is 0 Å². The summed E-state index contributed by atoms with van der Waals surface area (Å²) in [4.78, 5) is 13.9. The van der Waals surface area contributed by atoms with Gasteiger partial charge in [-0.25, -0.2) is 14.4 Å². The smallest absolute Gasteiger partial charge is 0.144 e. The molecule has 1 aliphatic heterocycles. The Morgan fingerprint density at radius 2 is 1.92 bits per heavy atom. The number of aromatic nitrogens is 4. The van der Waals surface area contributed by atoms with Crippen molar-refractivity contribution in [3.8, 4) is 22.6 Å². The number of aliphatic imine (C=N–C) groups is 1. The minimum Gasteiger partial charge on any atom is -0.328 e. The van der Waals surface area contributed by atoms with E-state index in [-0.39, 0.29) is 5.82 Å². The normalized spacial score (nSPS) is 20.5. The lowest BCUT2D eigenvalue weighted by Crippen LogP contribution is -2.27. The van der Waals surface area contributed by atoms with Gasteiger partial charge in [0.05, 0.1) is 22.4 Å². The Labute approximate surface area is 228 Å². The highest BCUT2D eigenvalue weighted by Crippen LogP contribution is 2.31. The lowest BCUT2D eigenvalue weighted by Gasteiger charge is -2.26. The number of allylic oxidation sites excluding steroid dienone is 5. The number of nitrogens with two attached hydrogens (primary N) is 1. The molecule has 0 bridgehead atoms. The van der Waals surface area contributed by atoms with Gasteiger partial charge in [0.15, 0.2) is 0 Å². The van der Waals surface area contributed by atoms with Gasteiger partial charge in [-0.05, 0) is 105 Å². The van der Waals surface area contributed by atoms with Gasteiger partial charge in [0.25, 0.3) is 0 Å². The first-order valence-corrected chi connectivity index (χ1v) is 13.6. The van der Waals surface area contributed by atoms with Crippen molar-refractivity contribution in [2.75, 3.05) is 0 Å². The van der Waals surface area contributed by atoms with Crippen LogP contribution in [0.2, 0.25) is 0 Å². The average molecular weight is 523 g/mol. The molecule has 0 radical (unpaired) electrons. The van der Waals surface area contributed by atoms with Gasteiger partial charge in [0.2, 0.25) is 0 Å². The molecule has 3 aromatic rings. The van der Waals surface area contributed by atoms with E-state index < -0.39 is 0 Å². The summed E-state index contributed by atoms with van der Waals surface area (Å²) in [7, 11) is 0. The molecule has 0 aromatic carbocycles. The summed E-state index contributed by atoms with van der Waals surface area (Å²) >= 11 is 0. The minimum atomic E-state index is -0.344. The standard InChI is InChI=1S/C32H35FN6/c1-4-24(25-9-6-23(17-35-18-25)15-22-7-10-26(34)11-8-22)16-31-20(2)5-13-29(38-31)27-19-36-39-32(27)30-14-12-28(33)21(3)37-30/h4-5,9,12-14,16-19,22,26H,2,6-8,10-11,15,34H2,1,3H3,(H,36,39)/b24-4+,31-16+/t22-,26-. The van der Waals surface area contributed by atoms with Crippen molar-refractivity contribution >= 4 is 18.9 Å². The molecule has 1 fully saturated rings. The summed E-state index contributed by atoms with van der Waals surface area (Å²) in [6.07, 6.45) is 18.8. The van der Waals surface area contributed by atoms with E-state index in [1.54, 1.807) is 19.2 Å². The van der Waals surface area contributed by atoms with E-state index in [4.69, 9.17) is 10.7 Å². The first-order chi connectivity index (χ1) is 18.9. The zero-order valence-corrected chi connectivity index (χ0v) is 22.6. The molecule has 6 nitrogen and oxygen atoms in total.